The number of rotatable bonds is 8. The van der Waals surface area contributed by atoms with Crippen LogP contribution < -0.4 is 20.7 Å². The molecule has 0 radical (unpaired) electrons. The Morgan fingerprint density at radius 2 is 1.77 bits per heavy atom. The minimum Gasteiger partial charge on any atom is -0.494 e. The third-order valence-corrected chi connectivity index (χ3v) is 7.33. The van der Waals surface area contributed by atoms with Crippen LogP contribution in [-0.4, -0.2) is 95.1 Å². The Kier molecular flexibility index (Phi) is 10.1. The molecule has 3 rings (SSSR count). The smallest absolute Gasteiger partial charge is 0.410 e. The van der Waals surface area contributed by atoms with Crippen molar-refractivity contribution in [1.82, 2.24) is 25.1 Å². The van der Waals surface area contributed by atoms with Gasteiger partial charge in [-0.2, -0.15) is 0 Å². The standard InChI is InChI=1S/C30H45N7O6/c1-17(36(9)28(41)43-30(5,6)7)25(38)35-23(29(2,3)4)27(40)37-13-11-12-21(37)26(39)34-20-14-18-19(15-22(20)42-10)32-16-33-24(18)31-8/h14-17,21,23H,11-13H2,1-10H3,(H,34,39)(H,35,38)(H,31,32,33). The van der Waals surface area contributed by atoms with E-state index in [1.165, 1.54) is 30.3 Å². The molecular weight excluding hydrogens is 554 g/mol. The second-order valence-corrected chi connectivity index (χ2v) is 12.8. The van der Waals surface area contributed by atoms with E-state index in [2.05, 4.69) is 25.9 Å². The van der Waals surface area contributed by atoms with Crippen molar-refractivity contribution in [3.05, 3.63) is 18.5 Å². The zero-order valence-corrected chi connectivity index (χ0v) is 26.8. The van der Waals surface area contributed by atoms with Gasteiger partial charge in [-0.05, 0) is 52.0 Å². The minimum atomic E-state index is -0.951. The van der Waals surface area contributed by atoms with Crippen LogP contribution in [0.3, 0.4) is 0 Å². The number of likely N-dealkylation sites (N-methyl/N-ethyl adjacent to an activating group) is 1. The van der Waals surface area contributed by atoms with Crippen LogP contribution in [0.15, 0.2) is 18.5 Å². The van der Waals surface area contributed by atoms with Gasteiger partial charge in [0.15, 0.2) is 0 Å². The normalized spacial score (nSPS) is 16.7. The Balaban J connectivity index is 1.81. The number of nitrogens with one attached hydrogen (secondary N) is 3. The SMILES string of the molecule is CNc1ncnc2cc(OC)c(NC(=O)C3CCCN3C(=O)C(NC(=O)C(C)N(C)C(=O)OC(C)(C)C)C(C)(C)C)cc12. The number of fused-ring (bicyclic) bond motifs is 1. The van der Waals surface area contributed by atoms with Gasteiger partial charge in [0.05, 0.1) is 18.3 Å². The molecule has 1 saturated heterocycles. The van der Waals surface area contributed by atoms with Gasteiger partial charge in [0.1, 0.15) is 41.6 Å². The van der Waals surface area contributed by atoms with Crippen LogP contribution in [0.25, 0.3) is 10.9 Å². The molecular formula is C30H45N7O6. The number of ether oxygens (including phenoxy) is 2. The second-order valence-electron chi connectivity index (χ2n) is 12.8. The fourth-order valence-electron chi connectivity index (χ4n) is 4.81. The van der Waals surface area contributed by atoms with Gasteiger partial charge >= 0.3 is 6.09 Å². The van der Waals surface area contributed by atoms with E-state index < -0.39 is 41.1 Å². The lowest BCUT2D eigenvalue weighted by Gasteiger charge is -2.36. The molecule has 236 valence electrons. The number of benzene rings is 1. The van der Waals surface area contributed by atoms with E-state index in [9.17, 15) is 19.2 Å². The van der Waals surface area contributed by atoms with Crippen molar-refractivity contribution in [2.75, 3.05) is 38.4 Å². The van der Waals surface area contributed by atoms with E-state index >= 15 is 0 Å². The largest absolute Gasteiger partial charge is 0.494 e. The number of anilines is 2. The van der Waals surface area contributed by atoms with Crippen molar-refractivity contribution < 1.29 is 28.7 Å². The third kappa shape index (κ3) is 7.82. The molecule has 1 aliphatic rings. The first-order chi connectivity index (χ1) is 20.0. The van der Waals surface area contributed by atoms with Crippen LogP contribution in [0, 0.1) is 5.41 Å². The van der Waals surface area contributed by atoms with E-state index in [0.29, 0.717) is 47.5 Å². The maximum atomic E-state index is 14.0. The number of hydrogen-bond acceptors (Lipinski definition) is 9. The van der Waals surface area contributed by atoms with Crippen molar-refractivity contribution in [2.45, 2.75) is 85.0 Å². The summed E-state index contributed by atoms with van der Waals surface area (Å²) in [4.78, 5) is 64.6. The summed E-state index contributed by atoms with van der Waals surface area (Å²) in [6.45, 7) is 12.7. The summed E-state index contributed by atoms with van der Waals surface area (Å²) in [7, 11) is 4.72. The van der Waals surface area contributed by atoms with Gasteiger partial charge < -0.3 is 30.3 Å². The zero-order valence-electron chi connectivity index (χ0n) is 26.8. The molecule has 0 saturated carbocycles. The summed E-state index contributed by atoms with van der Waals surface area (Å²) in [6.07, 6.45) is 1.87. The third-order valence-electron chi connectivity index (χ3n) is 7.33. The first kappa shape index (κ1) is 33.3. The summed E-state index contributed by atoms with van der Waals surface area (Å²) >= 11 is 0. The number of carbonyl (C=O) groups excluding carboxylic acids is 4. The Bertz CT molecular complexity index is 1370. The molecule has 2 heterocycles. The number of hydrogen-bond donors (Lipinski definition) is 3. The molecule has 13 heteroatoms. The lowest BCUT2D eigenvalue weighted by Crippen LogP contribution is -2.59. The molecule has 1 aromatic heterocycles. The van der Waals surface area contributed by atoms with Gasteiger partial charge in [-0.25, -0.2) is 14.8 Å². The highest BCUT2D eigenvalue weighted by atomic mass is 16.6. The average Bonchev–Trinajstić information content (AvgIpc) is 3.42. The highest BCUT2D eigenvalue weighted by molar-refractivity contribution is 6.03. The van der Waals surface area contributed by atoms with Crippen LogP contribution in [0.1, 0.15) is 61.3 Å². The molecule has 1 aromatic carbocycles. The van der Waals surface area contributed by atoms with E-state index in [1.807, 2.05) is 20.8 Å². The number of carbonyl (C=O) groups is 4. The highest BCUT2D eigenvalue weighted by Gasteiger charge is 2.43. The van der Waals surface area contributed by atoms with Gasteiger partial charge in [0.2, 0.25) is 17.7 Å². The molecule has 13 nitrogen and oxygen atoms in total. The highest BCUT2D eigenvalue weighted by Crippen LogP contribution is 2.33. The number of likely N-dealkylation sites (tertiary alicyclic amines) is 1. The van der Waals surface area contributed by atoms with Crippen molar-refractivity contribution >= 4 is 46.2 Å². The maximum absolute atomic E-state index is 14.0. The first-order valence-electron chi connectivity index (χ1n) is 14.4. The molecule has 2 aromatic rings. The molecule has 0 aliphatic carbocycles. The zero-order chi connectivity index (χ0) is 32.3. The summed E-state index contributed by atoms with van der Waals surface area (Å²) < 4.78 is 10.9. The molecule has 1 fully saturated rings. The Hall–Kier alpha value is -4.16. The van der Waals surface area contributed by atoms with Crippen molar-refractivity contribution in [1.29, 1.82) is 0 Å². The van der Waals surface area contributed by atoms with E-state index in [1.54, 1.807) is 46.9 Å². The van der Waals surface area contributed by atoms with E-state index in [0.717, 1.165) is 0 Å². The van der Waals surface area contributed by atoms with Gasteiger partial charge in [-0.15, -0.1) is 0 Å². The van der Waals surface area contributed by atoms with Crippen LogP contribution >= 0.6 is 0 Å². The molecule has 4 amide bonds. The number of amides is 4. The quantitative estimate of drug-likeness (QED) is 0.414. The number of nitrogens with zero attached hydrogens (tertiary/aromatic N) is 4. The second kappa shape index (κ2) is 13.0. The molecule has 43 heavy (non-hydrogen) atoms. The minimum absolute atomic E-state index is 0.360. The predicted molar refractivity (Wildman–Crippen MR) is 164 cm³/mol. The topological polar surface area (TPSA) is 155 Å². The van der Waals surface area contributed by atoms with Crippen LogP contribution in [-0.2, 0) is 19.1 Å². The van der Waals surface area contributed by atoms with Crippen LogP contribution in [0.4, 0.5) is 16.3 Å². The van der Waals surface area contributed by atoms with Crippen molar-refractivity contribution in [3.63, 3.8) is 0 Å². The summed E-state index contributed by atoms with van der Waals surface area (Å²) in [5.74, 6) is -0.243. The molecule has 1 aliphatic heterocycles. The Labute approximate surface area is 253 Å². The summed E-state index contributed by atoms with van der Waals surface area (Å²) in [6, 6.07) is 0.837. The lowest BCUT2D eigenvalue weighted by atomic mass is 9.85. The average molecular weight is 600 g/mol. The van der Waals surface area contributed by atoms with Crippen LogP contribution in [0.2, 0.25) is 0 Å². The molecule has 3 atom stereocenters. The fourth-order valence-corrected chi connectivity index (χ4v) is 4.81. The summed E-state index contributed by atoms with van der Waals surface area (Å²) in [5, 5.41) is 9.48. The Morgan fingerprint density at radius 1 is 1.09 bits per heavy atom. The van der Waals surface area contributed by atoms with Crippen molar-refractivity contribution in [3.8, 4) is 5.75 Å². The van der Waals surface area contributed by atoms with E-state index in [4.69, 9.17) is 9.47 Å². The first-order valence-corrected chi connectivity index (χ1v) is 14.4. The lowest BCUT2D eigenvalue weighted by molar-refractivity contribution is -0.143. The maximum Gasteiger partial charge on any atom is 0.410 e. The molecule has 0 spiro atoms. The summed E-state index contributed by atoms with van der Waals surface area (Å²) in [5.41, 5.74) is -0.352. The molecule has 3 unspecified atom stereocenters. The Morgan fingerprint density at radius 3 is 2.35 bits per heavy atom. The van der Waals surface area contributed by atoms with Crippen molar-refractivity contribution in [2.24, 2.45) is 5.41 Å². The number of aromatic nitrogens is 2. The monoisotopic (exact) mass is 599 g/mol. The van der Waals surface area contributed by atoms with Gasteiger partial charge in [-0.1, -0.05) is 20.8 Å². The van der Waals surface area contributed by atoms with Gasteiger partial charge in [0, 0.05) is 32.1 Å². The number of methoxy groups -OCH3 is 1. The predicted octanol–water partition coefficient (Wildman–Crippen LogP) is 3.40. The van der Waals surface area contributed by atoms with Gasteiger partial charge in [-0.3, -0.25) is 19.3 Å². The fraction of sp³-hybridized carbons (Fsp3) is 0.600. The molecule has 0 bridgehead atoms. The van der Waals surface area contributed by atoms with E-state index in [-0.39, 0.29) is 11.8 Å². The molecule has 3 N–H and O–H groups in total. The van der Waals surface area contributed by atoms with Gasteiger partial charge in [0.25, 0.3) is 0 Å². The van der Waals surface area contributed by atoms with Crippen LogP contribution in [0.5, 0.6) is 5.75 Å².